The van der Waals surface area contributed by atoms with Crippen LogP contribution in [-0.4, -0.2) is 22.7 Å². The minimum atomic E-state index is -0.0954. The van der Waals surface area contributed by atoms with Crippen molar-refractivity contribution < 1.29 is 4.74 Å². The number of hydrogen-bond donors (Lipinski definition) is 1. The van der Waals surface area contributed by atoms with E-state index in [1.807, 2.05) is 37.3 Å². The molecule has 0 saturated heterocycles. The van der Waals surface area contributed by atoms with Gasteiger partial charge in [0.15, 0.2) is 5.82 Å². The highest BCUT2D eigenvalue weighted by Crippen LogP contribution is 2.33. The summed E-state index contributed by atoms with van der Waals surface area (Å²) in [6, 6.07) is 10.4. The zero-order valence-corrected chi connectivity index (χ0v) is 12.7. The lowest BCUT2D eigenvalue weighted by molar-refractivity contribution is 0.0718. The predicted octanol–water partition coefficient (Wildman–Crippen LogP) is 2.77. The molecule has 0 bridgehead atoms. The second-order valence-corrected chi connectivity index (χ2v) is 5.46. The van der Waals surface area contributed by atoms with Gasteiger partial charge >= 0.3 is 0 Å². The lowest BCUT2D eigenvalue weighted by Gasteiger charge is -2.18. The molecule has 1 aromatic heterocycles. The number of rotatable bonds is 7. The van der Waals surface area contributed by atoms with E-state index in [-0.39, 0.29) is 11.7 Å². The van der Waals surface area contributed by atoms with Crippen molar-refractivity contribution in [1.82, 2.24) is 9.55 Å². The second-order valence-electron chi connectivity index (χ2n) is 5.46. The van der Waals surface area contributed by atoms with Gasteiger partial charge in [0.2, 0.25) is 0 Å². The number of nitrogens with zero attached hydrogens (tertiary/aromatic N) is 2. The summed E-state index contributed by atoms with van der Waals surface area (Å²) < 4.78 is 7.55. The van der Waals surface area contributed by atoms with E-state index < -0.39 is 0 Å². The van der Waals surface area contributed by atoms with Crippen molar-refractivity contribution >= 4 is 5.82 Å². The van der Waals surface area contributed by atoms with E-state index in [1.165, 1.54) is 0 Å². The van der Waals surface area contributed by atoms with Crippen LogP contribution in [0.5, 0.6) is 0 Å². The summed E-state index contributed by atoms with van der Waals surface area (Å²) in [4.78, 5) is 16.5. The van der Waals surface area contributed by atoms with Crippen LogP contribution in [0.2, 0.25) is 0 Å². The van der Waals surface area contributed by atoms with E-state index >= 15 is 0 Å². The second kappa shape index (κ2) is 6.75. The van der Waals surface area contributed by atoms with Gasteiger partial charge in [-0.2, -0.15) is 0 Å². The largest absolute Gasteiger partial charge is 0.372 e. The summed E-state index contributed by atoms with van der Waals surface area (Å²) in [5, 5.41) is 3.15. The summed E-state index contributed by atoms with van der Waals surface area (Å²) >= 11 is 0. The van der Waals surface area contributed by atoms with Crippen LogP contribution in [0.1, 0.15) is 37.5 Å². The summed E-state index contributed by atoms with van der Waals surface area (Å²) in [6.07, 6.45) is 5.51. The number of hydrogen-bond acceptors (Lipinski definition) is 4. The van der Waals surface area contributed by atoms with Crippen LogP contribution in [0.15, 0.2) is 47.5 Å². The van der Waals surface area contributed by atoms with Gasteiger partial charge in [0.1, 0.15) is 0 Å². The van der Waals surface area contributed by atoms with E-state index in [2.05, 4.69) is 10.3 Å². The normalized spacial score (nSPS) is 15.5. The molecule has 116 valence electrons. The first-order valence-electron chi connectivity index (χ1n) is 7.77. The third-order valence-electron chi connectivity index (χ3n) is 3.80. The zero-order valence-electron chi connectivity index (χ0n) is 12.7. The smallest absolute Gasteiger partial charge is 0.293 e. The molecule has 3 rings (SSSR count). The number of ether oxygens (including phenoxy) is 1. The lowest BCUT2D eigenvalue weighted by atomic mass is 10.1. The maximum Gasteiger partial charge on any atom is 0.293 e. The van der Waals surface area contributed by atoms with Gasteiger partial charge in [-0.05, 0) is 25.3 Å². The van der Waals surface area contributed by atoms with Gasteiger partial charge in [0.25, 0.3) is 5.56 Å². The van der Waals surface area contributed by atoms with Gasteiger partial charge in [0.05, 0.1) is 6.10 Å². The number of anilines is 1. The molecule has 1 aliphatic rings. The first-order chi connectivity index (χ1) is 10.8. The Morgan fingerprint density at radius 2 is 2.14 bits per heavy atom. The van der Waals surface area contributed by atoms with Crippen LogP contribution in [0, 0.1) is 0 Å². The Hall–Kier alpha value is -2.14. The van der Waals surface area contributed by atoms with E-state index in [0.29, 0.717) is 25.0 Å². The Labute approximate surface area is 130 Å². The minimum Gasteiger partial charge on any atom is -0.372 e. The van der Waals surface area contributed by atoms with Crippen molar-refractivity contribution in [3.05, 3.63) is 58.6 Å². The molecule has 1 atom stereocenters. The Kier molecular flexibility index (Phi) is 4.53. The molecule has 2 aromatic rings. The first-order valence-corrected chi connectivity index (χ1v) is 7.77. The van der Waals surface area contributed by atoms with E-state index in [9.17, 15) is 4.79 Å². The molecule has 1 unspecified atom stereocenters. The maximum absolute atomic E-state index is 12.4. The summed E-state index contributed by atoms with van der Waals surface area (Å²) in [5.74, 6) is 0.398. The summed E-state index contributed by atoms with van der Waals surface area (Å²) in [5.41, 5.74) is 1.05. The van der Waals surface area contributed by atoms with Crippen LogP contribution in [-0.2, 0) is 4.74 Å². The van der Waals surface area contributed by atoms with E-state index in [1.54, 1.807) is 17.0 Å². The van der Waals surface area contributed by atoms with E-state index in [0.717, 1.165) is 18.4 Å². The molecule has 5 nitrogen and oxygen atoms in total. The Morgan fingerprint density at radius 1 is 1.36 bits per heavy atom. The van der Waals surface area contributed by atoms with Crippen molar-refractivity contribution in [2.45, 2.75) is 31.9 Å². The van der Waals surface area contributed by atoms with Crippen LogP contribution >= 0.6 is 0 Å². The third-order valence-corrected chi connectivity index (χ3v) is 3.80. The average molecular weight is 299 g/mol. The van der Waals surface area contributed by atoms with Crippen LogP contribution in [0.4, 0.5) is 5.82 Å². The fraction of sp³-hybridized carbons (Fsp3) is 0.412. The maximum atomic E-state index is 12.4. The third kappa shape index (κ3) is 3.36. The van der Waals surface area contributed by atoms with Gasteiger partial charge in [-0.1, -0.05) is 30.3 Å². The SMILES string of the molecule is CCOC(CNc1nccn(C2CC2)c1=O)c1ccccc1. The quantitative estimate of drug-likeness (QED) is 0.854. The zero-order chi connectivity index (χ0) is 15.4. The molecule has 1 aliphatic carbocycles. The number of benzene rings is 1. The Morgan fingerprint density at radius 3 is 2.82 bits per heavy atom. The minimum absolute atomic E-state index is 0.0479. The van der Waals surface area contributed by atoms with Gasteiger partial charge in [-0.3, -0.25) is 4.79 Å². The fourth-order valence-corrected chi connectivity index (χ4v) is 2.52. The van der Waals surface area contributed by atoms with Crippen molar-refractivity contribution in [3.8, 4) is 0 Å². The molecule has 1 N–H and O–H groups in total. The molecule has 0 amide bonds. The molecule has 1 heterocycles. The molecule has 5 heteroatoms. The van der Waals surface area contributed by atoms with Crippen molar-refractivity contribution in [3.63, 3.8) is 0 Å². The molecule has 1 fully saturated rings. The lowest BCUT2D eigenvalue weighted by Crippen LogP contribution is -2.26. The molecule has 0 spiro atoms. The van der Waals surface area contributed by atoms with Crippen LogP contribution < -0.4 is 10.9 Å². The fourth-order valence-electron chi connectivity index (χ4n) is 2.52. The molecule has 1 saturated carbocycles. The van der Waals surface area contributed by atoms with Gasteiger partial charge in [-0.15, -0.1) is 0 Å². The van der Waals surface area contributed by atoms with Crippen molar-refractivity contribution in [2.75, 3.05) is 18.5 Å². The monoisotopic (exact) mass is 299 g/mol. The highest BCUT2D eigenvalue weighted by atomic mass is 16.5. The van der Waals surface area contributed by atoms with Crippen molar-refractivity contribution in [2.24, 2.45) is 0 Å². The van der Waals surface area contributed by atoms with Crippen LogP contribution in [0.3, 0.4) is 0 Å². The Bertz CT molecular complexity index is 665. The molecule has 22 heavy (non-hydrogen) atoms. The van der Waals surface area contributed by atoms with Gasteiger partial charge in [-0.25, -0.2) is 4.98 Å². The highest BCUT2D eigenvalue weighted by Gasteiger charge is 2.25. The molecular formula is C17H21N3O2. The molecule has 0 radical (unpaired) electrons. The summed E-state index contributed by atoms with van der Waals surface area (Å²) in [6.45, 7) is 3.11. The average Bonchev–Trinajstić information content (AvgIpc) is 3.38. The van der Waals surface area contributed by atoms with Gasteiger partial charge in [0, 0.05) is 31.6 Å². The predicted molar refractivity (Wildman–Crippen MR) is 86.1 cm³/mol. The highest BCUT2D eigenvalue weighted by molar-refractivity contribution is 5.32. The Balaban J connectivity index is 1.72. The number of aromatic nitrogens is 2. The van der Waals surface area contributed by atoms with Crippen LogP contribution in [0.25, 0.3) is 0 Å². The van der Waals surface area contributed by atoms with E-state index in [4.69, 9.17) is 4.74 Å². The summed E-state index contributed by atoms with van der Waals surface area (Å²) in [7, 11) is 0. The topological polar surface area (TPSA) is 56.1 Å². The van der Waals surface area contributed by atoms with Gasteiger partial charge < -0.3 is 14.6 Å². The molecular weight excluding hydrogens is 278 g/mol. The standard InChI is InChI=1S/C17H21N3O2/c1-2-22-15(13-6-4-3-5-7-13)12-19-16-17(21)20(11-10-18-16)14-8-9-14/h3-7,10-11,14-15H,2,8-9,12H2,1H3,(H,18,19). The molecule has 1 aromatic carbocycles. The number of nitrogens with one attached hydrogen (secondary N) is 1. The molecule has 0 aliphatic heterocycles. The first kappa shape index (κ1) is 14.8. The van der Waals surface area contributed by atoms with Crippen molar-refractivity contribution in [1.29, 1.82) is 0 Å².